The van der Waals surface area contributed by atoms with Gasteiger partial charge in [-0.1, -0.05) is 0 Å². The minimum atomic E-state index is -1.41. The van der Waals surface area contributed by atoms with Gasteiger partial charge in [0.05, 0.1) is 19.9 Å². The summed E-state index contributed by atoms with van der Waals surface area (Å²) in [7, 11) is 0. The number of carboxylic acids is 2. The molecule has 0 amide bonds. The van der Waals surface area contributed by atoms with E-state index in [1.54, 1.807) is 0 Å². The van der Waals surface area contributed by atoms with Gasteiger partial charge in [-0.15, -0.1) is 0 Å². The first-order valence-electron chi connectivity index (χ1n) is 3.43. The van der Waals surface area contributed by atoms with Crippen molar-refractivity contribution in [3.8, 4) is 0 Å². The molecule has 0 heterocycles. The van der Waals surface area contributed by atoms with E-state index in [0.29, 0.717) is 0 Å². The van der Waals surface area contributed by atoms with Crippen molar-refractivity contribution in [2.24, 2.45) is 0 Å². The second kappa shape index (κ2) is 5.46. The van der Waals surface area contributed by atoms with Gasteiger partial charge in [-0.25, -0.2) is 4.90 Å². The van der Waals surface area contributed by atoms with E-state index >= 15 is 0 Å². The highest BCUT2D eigenvalue weighted by Gasteiger charge is 2.26. The molecule has 0 spiro atoms. The van der Waals surface area contributed by atoms with Crippen LogP contribution in [0.2, 0.25) is 0 Å². The van der Waals surface area contributed by atoms with Crippen LogP contribution in [0.1, 0.15) is 6.42 Å². The Bertz CT molecular complexity index is 190. The van der Waals surface area contributed by atoms with Crippen LogP contribution in [0.3, 0.4) is 0 Å². The van der Waals surface area contributed by atoms with Crippen molar-refractivity contribution in [1.29, 1.82) is 0 Å². The fourth-order valence-corrected chi connectivity index (χ4v) is 0.780. The van der Waals surface area contributed by atoms with Crippen LogP contribution >= 0.6 is 0 Å². The van der Waals surface area contributed by atoms with E-state index < -0.39 is 37.9 Å². The number of carbonyl (C=O) groups is 2. The maximum Gasteiger partial charge on any atom is 0.321 e. The molecule has 0 bridgehead atoms. The Morgan fingerprint density at radius 2 is 1.62 bits per heavy atom. The van der Waals surface area contributed by atoms with Gasteiger partial charge in [0, 0.05) is 0 Å². The van der Waals surface area contributed by atoms with Crippen LogP contribution in [0, 0.1) is 0 Å². The lowest BCUT2D eigenvalue weighted by atomic mass is 10.2. The summed E-state index contributed by atoms with van der Waals surface area (Å²) in [5.74, 6) is -2.70. The monoisotopic (exact) mass is 193 g/mol. The molecular weight excluding hydrogens is 182 g/mol. The average Bonchev–Trinajstić information content (AvgIpc) is 2.04. The number of aliphatic hydroxyl groups is 2. The number of rotatable bonds is 6. The number of nitrogens with zero attached hydrogens (tertiary/aromatic N) is 1. The number of carboxylic acid groups (broad SMARTS) is 2. The topological polar surface area (TPSA) is 118 Å². The predicted octanol–water partition coefficient (Wildman–Crippen LogP) is -1.88. The third kappa shape index (κ3) is 3.83. The molecule has 0 saturated carbocycles. The predicted molar refractivity (Wildman–Crippen MR) is 39.7 cm³/mol. The van der Waals surface area contributed by atoms with Crippen molar-refractivity contribution in [3.05, 3.63) is 0 Å². The molecule has 0 fully saturated rings. The lowest BCUT2D eigenvalue weighted by molar-refractivity contribution is -0.153. The number of hydrogen-bond acceptors (Lipinski definition) is 5. The number of aliphatic hydroxyl groups excluding tert-OH is 2. The summed E-state index contributed by atoms with van der Waals surface area (Å²) < 4.78 is 0. The smallest absolute Gasteiger partial charge is 0.321 e. The first-order valence-corrected chi connectivity index (χ1v) is 3.43. The van der Waals surface area contributed by atoms with Gasteiger partial charge in [0.1, 0.15) is 6.04 Å². The Labute approximate surface area is 73.8 Å². The third-order valence-corrected chi connectivity index (χ3v) is 1.46. The maximum atomic E-state index is 10.5. The van der Waals surface area contributed by atoms with Gasteiger partial charge in [0.15, 0.2) is 0 Å². The van der Waals surface area contributed by atoms with Crippen LogP contribution in [0.25, 0.3) is 0 Å². The van der Waals surface area contributed by atoms with Crippen LogP contribution in [-0.4, -0.2) is 56.8 Å². The molecule has 0 aliphatic heterocycles. The van der Waals surface area contributed by atoms with Crippen molar-refractivity contribution in [2.45, 2.75) is 12.5 Å². The van der Waals surface area contributed by atoms with Gasteiger partial charge in [0.25, 0.3) is 0 Å². The highest BCUT2D eigenvalue weighted by atomic mass is 16.4. The average molecular weight is 193 g/mol. The number of hydrogen-bond donors (Lipinski definition) is 4. The molecule has 7 heteroatoms. The van der Waals surface area contributed by atoms with Crippen LogP contribution in [0.4, 0.5) is 0 Å². The van der Waals surface area contributed by atoms with Gasteiger partial charge in [0.2, 0.25) is 0 Å². The molecule has 1 unspecified atom stereocenters. The van der Waals surface area contributed by atoms with Gasteiger partial charge in [-0.3, -0.25) is 9.59 Å². The summed E-state index contributed by atoms with van der Waals surface area (Å²) in [6, 6.07) is -1.41. The van der Waals surface area contributed by atoms with E-state index in [-0.39, 0.29) is 0 Å². The van der Waals surface area contributed by atoms with E-state index in [0.717, 1.165) is 4.90 Å². The van der Waals surface area contributed by atoms with Crippen molar-refractivity contribution in [1.82, 2.24) is 4.90 Å². The fraction of sp³-hybridized carbons (Fsp3) is 0.667. The third-order valence-electron chi connectivity index (χ3n) is 1.46. The standard InChI is InChI=1S/C6H11NO6/c8-2-7(3-9)4(6(12)13)1-5(10)11/h4,8-9H,1-3H2,(H,10,11)(H,12,13). The first kappa shape index (κ1) is 11.8. The highest BCUT2D eigenvalue weighted by molar-refractivity contribution is 5.80. The van der Waals surface area contributed by atoms with E-state index in [9.17, 15) is 9.59 Å². The maximum absolute atomic E-state index is 10.5. The van der Waals surface area contributed by atoms with Gasteiger partial charge >= 0.3 is 11.9 Å². The quantitative estimate of drug-likeness (QED) is 0.364. The molecule has 13 heavy (non-hydrogen) atoms. The van der Waals surface area contributed by atoms with Gasteiger partial charge < -0.3 is 20.4 Å². The summed E-state index contributed by atoms with van der Waals surface area (Å²) in [5, 5.41) is 34.0. The second-order valence-electron chi connectivity index (χ2n) is 2.32. The Morgan fingerprint density at radius 1 is 1.15 bits per heavy atom. The van der Waals surface area contributed by atoms with Crippen LogP contribution in [-0.2, 0) is 9.59 Å². The fourth-order valence-electron chi connectivity index (χ4n) is 0.780. The van der Waals surface area contributed by atoms with Crippen LogP contribution in [0.15, 0.2) is 0 Å². The molecule has 76 valence electrons. The summed E-state index contributed by atoms with van der Waals surface area (Å²) in [6.45, 7) is -1.42. The zero-order valence-corrected chi connectivity index (χ0v) is 6.75. The van der Waals surface area contributed by atoms with E-state index in [1.165, 1.54) is 0 Å². The summed E-state index contributed by atoms with van der Waals surface area (Å²) in [5.41, 5.74) is 0. The molecule has 0 saturated heterocycles. The largest absolute Gasteiger partial charge is 0.481 e. The molecule has 1 atom stereocenters. The highest BCUT2D eigenvalue weighted by Crippen LogP contribution is 2.03. The molecule has 0 radical (unpaired) electrons. The summed E-state index contributed by atoms with van der Waals surface area (Å²) in [6.07, 6.45) is -0.670. The molecule has 7 nitrogen and oxygen atoms in total. The molecular formula is C6H11NO6. The van der Waals surface area contributed by atoms with Gasteiger partial charge in [-0.2, -0.15) is 0 Å². The van der Waals surface area contributed by atoms with Crippen LogP contribution in [0.5, 0.6) is 0 Å². The summed E-state index contributed by atoms with van der Waals surface area (Å²) >= 11 is 0. The molecule has 0 aromatic rings. The van der Waals surface area contributed by atoms with E-state index in [2.05, 4.69) is 0 Å². The molecule has 0 rings (SSSR count). The number of aliphatic carboxylic acids is 2. The summed E-state index contributed by atoms with van der Waals surface area (Å²) in [4.78, 5) is 21.4. The van der Waals surface area contributed by atoms with Crippen molar-refractivity contribution in [2.75, 3.05) is 13.5 Å². The van der Waals surface area contributed by atoms with E-state index in [1.807, 2.05) is 0 Å². The van der Waals surface area contributed by atoms with Crippen molar-refractivity contribution >= 4 is 11.9 Å². The van der Waals surface area contributed by atoms with Crippen molar-refractivity contribution < 1.29 is 30.0 Å². The van der Waals surface area contributed by atoms with Crippen molar-refractivity contribution in [3.63, 3.8) is 0 Å². The second-order valence-corrected chi connectivity index (χ2v) is 2.32. The first-order chi connectivity index (χ1) is 6.02. The molecule has 4 N–H and O–H groups in total. The Hall–Kier alpha value is -1.18. The Morgan fingerprint density at radius 3 is 1.85 bits per heavy atom. The SMILES string of the molecule is O=C(O)CC(C(=O)O)N(CO)CO. The molecule has 0 aliphatic carbocycles. The molecule has 0 aromatic carbocycles. The van der Waals surface area contributed by atoms with E-state index in [4.69, 9.17) is 20.4 Å². The zero-order chi connectivity index (χ0) is 10.4. The zero-order valence-electron chi connectivity index (χ0n) is 6.75. The van der Waals surface area contributed by atoms with Crippen LogP contribution < -0.4 is 0 Å². The minimum Gasteiger partial charge on any atom is -0.481 e. The Balaban J connectivity index is 4.38. The van der Waals surface area contributed by atoms with Gasteiger partial charge in [-0.05, 0) is 0 Å². The molecule has 0 aromatic heterocycles. The Kier molecular flexibility index (Phi) is 4.97. The lowest BCUT2D eigenvalue weighted by Crippen LogP contribution is -2.43. The normalized spacial score (nSPS) is 12.8. The minimum absolute atomic E-state index is 0.670. The molecule has 0 aliphatic rings. The lowest BCUT2D eigenvalue weighted by Gasteiger charge is -2.22.